The van der Waals surface area contributed by atoms with E-state index < -0.39 is 0 Å². The van der Waals surface area contributed by atoms with Crippen LogP contribution in [0.1, 0.15) is 44.1 Å². The second kappa shape index (κ2) is 6.78. The van der Waals surface area contributed by atoms with Gasteiger partial charge in [0, 0.05) is 17.0 Å². The maximum absolute atomic E-state index is 12.7. The molecular formula is C23H27NO5. The molecule has 0 amide bonds. The maximum atomic E-state index is 12.7. The molecule has 1 aromatic rings. The zero-order chi connectivity index (χ0) is 20.2. The van der Waals surface area contributed by atoms with Gasteiger partial charge in [0.25, 0.3) is 0 Å². The van der Waals surface area contributed by atoms with Crippen LogP contribution in [0.25, 0.3) is 6.08 Å². The third kappa shape index (κ3) is 3.00. The molecule has 29 heavy (non-hydrogen) atoms. The molecule has 0 spiro atoms. The van der Waals surface area contributed by atoms with Crippen LogP contribution in [0.3, 0.4) is 0 Å². The summed E-state index contributed by atoms with van der Waals surface area (Å²) in [7, 11) is 4.74. The van der Waals surface area contributed by atoms with Crippen molar-refractivity contribution in [1.29, 1.82) is 0 Å². The van der Waals surface area contributed by atoms with E-state index in [0.29, 0.717) is 34.4 Å². The normalized spacial score (nSPS) is 33.6. The summed E-state index contributed by atoms with van der Waals surface area (Å²) < 4.78 is 22.0. The van der Waals surface area contributed by atoms with Crippen LogP contribution in [0.2, 0.25) is 0 Å². The van der Waals surface area contributed by atoms with E-state index in [1.54, 1.807) is 39.5 Å². The van der Waals surface area contributed by atoms with Crippen molar-refractivity contribution in [3.05, 3.63) is 23.4 Å². The highest BCUT2D eigenvalue weighted by Gasteiger charge is 2.55. The Morgan fingerprint density at radius 3 is 2.03 bits per heavy atom. The van der Waals surface area contributed by atoms with Gasteiger partial charge in [-0.1, -0.05) is 0 Å². The van der Waals surface area contributed by atoms with E-state index in [-0.39, 0.29) is 11.4 Å². The molecule has 0 atom stereocenters. The van der Waals surface area contributed by atoms with Crippen molar-refractivity contribution in [3.8, 4) is 17.2 Å². The summed E-state index contributed by atoms with van der Waals surface area (Å²) in [4.78, 5) is 17.4. The maximum Gasteiger partial charge on any atom is 0.363 e. The molecule has 5 aliphatic rings. The number of cyclic esters (lactones) is 1. The van der Waals surface area contributed by atoms with Crippen molar-refractivity contribution in [3.63, 3.8) is 0 Å². The third-order valence-electron chi connectivity index (χ3n) is 7.14. The van der Waals surface area contributed by atoms with Gasteiger partial charge in [0.05, 0.1) is 21.3 Å². The van der Waals surface area contributed by atoms with Crippen LogP contribution < -0.4 is 14.2 Å². The average Bonchev–Trinajstić information content (AvgIpc) is 3.08. The predicted molar refractivity (Wildman–Crippen MR) is 108 cm³/mol. The van der Waals surface area contributed by atoms with Crippen molar-refractivity contribution in [2.24, 2.45) is 28.2 Å². The molecule has 0 aromatic heterocycles. The van der Waals surface area contributed by atoms with Gasteiger partial charge in [-0.15, -0.1) is 0 Å². The Kier molecular flexibility index (Phi) is 4.33. The van der Waals surface area contributed by atoms with Crippen LogP contribution in [0.15, 0.2) is 22.8 Å². The first-order valence-corrected chi connectivity index (χ1v) is 10.4. The fraction of sp³-hybridized carbons (Fsp3) is 0.565. The fourth-order valence-electron chi connectivity index (χ4n) is 6.32. The monoisotopic (exact) mass is 397 g/mol. The molecule has 1 aromatic carbocycles. The van der Waals surface area contributed by atoms with Gasteiger partial charge in [-0.2, -0.15) is 0 Å². The van der Waals surface area contributed by atoms with Gasteiger partial charge in [-0.3, -0.25) is 0 Å². The number of esters is 1. The fourth-order valence-corrected chi connectivity index (χ4v) is 6.32. The molecule has 4 fully saturated rings. The highest BCUT2D eigenvalue weighted by atomic mass is 16.6. The molecule has 0 radical (unpaired) electrons. The molecule has 6 nitrogen and oxygen atoms in total. The Labute approximate surface area is 170 Å². The summed E-state index contributed by atoms with van der Waals surface area (Å²) in [6.07, 6.45) is 9.06. The molecule has 0 saturated heterocycles. The van der Waals surface area contributed by atoms with Crippen LogP contribution in [0, 0.1) is 23.2 Å². The predicted octanol–water partition coefficient (Wildman–Crippen LogP) is 4.23. The number of methoxy groups -OCH3 is 3. The number of ether oxygens (including phenoxy) is 4. The Morgan fingerprint density at radius 1 is 0.931 bits per heavy atom. The summed E-state index contributed by atoms with van der Waals surface area (Å²) in [5, 5.41) is 0. The van der Waals surface area contributed by atoms with Crippen molar-refractivity contribution in [1.82, 2.24) is 0 Å². The van der Waals surface area contributed by atoms with Gasteiger partial charge in [0.15, 0.2) is 17.2 Å². The summed E-state index contributed by atoms with van der Waals surface area (Å²) in [6.45, 7) is 0. The first kappa shape index (κ1) is 18.5. The summed E-state index contributed by atoms with van der Waals surface area (Å²) in [6, 6.07) is 3.53. The smallest absolute Gasteiger partial charge is 0.363 e. The lowest BCUT2D eigenvalue weighted by Gasteiger charge is -2.55. The van der Waals surface area contributed by atoms with E-state index in [4.69, 9.17) is 23.9 Å². The molecule has 0 unspecified atom stereocenters. The van der Waals surface area contributed by atoms with E-state index in [1.807, 2.05) is 0 Å². The number of carbonyl (C=O) groups excluding carboxylic acids is 1. The zero-order valence-electron chi connectivity index (χ0n) is 17.2. The topological polar surface area (TPSA) is 66.3 Å². The summed E-state index contributed by atoms with van der Waals surface area (Å²) in [5.41, 5.74) is 0.982. The highest BCUT2D eigenvalue weighted by molar-refractivity contribution is 6.09. The van der Waals surface area contributed by atoms with Crippen LogP contribution in [0.5, 0.6) is 17.2 Å². The lowest BCUT2D eigenvalue weighted by Crippen LogP contribution is -2.50. The molecule has 4 bridgehead atoms. The Bertz CT molecular complexity index is 881. The largest absolute Gasteiger partial charge is 0.496 e. The molecule has 1 aliphatic heterocycles. The number of rotatable bonds is 5. The second-order valence-corrected chi connectivity index (χ2v) is 8.98. The molecule has 0 N–H and O–H groups in total. The van der Waals surface area contributed by atoms with Crippen LogP contribution in [-0.2, 0) is 9.53 Å². The number of aliphatic imine (C=N–C) groups is 1. The Hall–Kier alpha value is -2.50. The van der Waals surface area contributed by atoms with Gasteiger partial charge in [-0.05, 0) is 68.4 Å². The van der Waals surface area contributed by atoms with E-state index in [0.717, 1.165) is 37.0 Å². The molecule has 154 valence electrons. The number of hydrogen-bond acceptors (Lipinski definition) is 6. The minimum atomic E-state index is -0.382. The van der Waals surface area contributed by atoms with Crippen molar-refractivity contribution in [2.75, 3.05) is 21.3 Å². The average molecular weight is 397 g/mol. The molecule has 6 heteroatoms. The third-order valence-corrected chi connectivity index (χ3v) is 7.14. The number of benzene rings is 1. The molecule has 4 saturated carbocycles. The SMILES string of the molecule is COc1cc(OC)c(OC)cc1/C=C1/N=C(C23CC4CC(CC(C4)C2)C3)OC1=O. The van der Waals surface area contributed by atoms with Crippen LogP contribution >= 0.6 is 0 Å². The quantitative estimate of drug-likeness (QED) is 0.550. The van der Waals surface area contributed by atoms with E-state index in [9.17, 15) is 4.79 Å². The number of nitrogens with zero attached hydrogens (tertiary/aromatic N) is 1. The first-order valence-electron chi connectivity index (χ1n) is 10.4. The van der Waals surface area contributed by atoms with Crippen molar-refractivity contribution in [2.45, 2.75) is 38.5 Å². The van der Waals surface area contributed by atoms with Gasteiger partial charge < -0.3 is 18.9 Å². The molecule has 6 rings (SSSR count). The standard InChI is InChI=1S/C23H27NO5/c1-26-18-9-20(28-3)19(27-2)8-16(18)7-17-21(25)29-22(24-17)23-10-13-4-14(11-23)6-15(5-13)12-23/h7-9,13-15H,4-6,10-12H2,1-3H3/b17-7+. The number of hydrogen-bond donors (Lipinski definition) is 0. The van der Waals surface area contributed by atoms with Gasteiger partial charge in [0.2, 0.25) is 5.90 Å². The summed E-state index contributed by atoms with van der Waals surface area (Å²) in [5.74, 6) is 4.28. The molecular weight excluding hydrogens is 370 g/mol. The first-order chi connectivity index (χ1) is 14.0. The van der Waals surface area contributed by atoms with E-state index in [2.05, 4.69) is 0 Å². The molecule has 4 aliphatic carbocycles. The Morgan fingerprint density at radius 2 is 1.48 bits per heavy atom. The van der Waals surface area contributed by atoms with Gasteiger partial charge >= 0.3 is 5.97 Å². The zero-order valence-corrected chi connectivity index (χ0v) is 17.2. The van der Waals surface area contributed by atoms with Gasteiger partial charge in [0.1, 0.15) is 5.75 Å². The minimum Gasteiger partial charge on any atom is -0.496 e. The van der Waals surface area contributed by atoms with Crippen LogP contribution in [0.4, 0.5) is 0 Å². The van der Waals surface area contributed by atoms with E-state index in [1.165, 1.54) is 19.3 Å². The van der Waals surface area contributed by atoms with Crippen molar-refractivity contribution < 1.29 is 23.7 Å². The summed E-state index contributed by atoms with van der Waals surface area (Å²) >= 11 is 0. The van der Waals surface area contributed by atoms with Gasteiger partial charge in [-0.25, -0.2) is 9.79 Å². The lowest BCUT2D eigenvalue weighted by atomic mass is 9.49. The molecule has 1 heterocycles. The Balaban J connectivity index is 1.50. The highest BCUT2D eigenvalue weighted by Crippen LogP contribution is 2.61. The lowest BCUT2D eigenvalue weighted by molar-refractivity contribution is -0.131. The minimum absolute atomic E-state index is 0.0400. The van der Waals surface area contributed by atoms with E-state index >= 15 is 0 Å². The van der Waals surface area contributed by atoms with Crippen molar-refractivity contribution >= 4 is 17.9 Å². The second-order valence-electron chi connectivity index (χ2n) is 8.98. The number of carbonyl (C=O) groups is 1. The van der Waals surface area contributed by atoms with Crippen LogP contribution in [-0.4, -0.2) is 33.2 Å².